The van der Waals surface area contributed by atoms with Crippen LogP contribution in [-0.4, -0.2) is 29.9 Å². The van der Waals surface area contributed by atoms with Gasteiger partial charge >= 0.3 is 5.97 Å². The zero-order chi connectivity index (χ0) is 14.3. The van der Waals surface area contributed by atoms with Crippen molar-refractivity contribution in [2.24, 2.45) is 5.92 Å². The Labute approximate surface area is 112 Å². The number of Topliss-reactive ketones (excluding diaryl/α,β-unsaturated/α-hetero) is 3. The number of unbranched alkanes of at least 4 members (excludes halogenated alkanes) is 3. The summed E-state index contributed by atoms with van der Waals surface area (Å²) in [5.74, 6) is -2.18. The third-order valence-electron chi connectivity index (χ3n) is 3.24. The van der Waals surface area contributed by atoms with Crippen LogP contribution < -0.4 is 0 Å². The minimum Gasteiger partial charge on any atom is -0.466 e. The average molecular weight is 268 g/mol. The molecule has 1 fully saturated rings. The molecule has 0 N–H and O–H groups in total. The molecule has 0 aliphatic heterocycles. The van der Waals surface area contributed by atoms with Crippen molar-refractivity contribution >= 4 is 23.3 Å². The Morgan fingerprint density at radius 2 is 1.84 bits per heavy atom. The fraction of sp³-hybridized carbons (Fsp3) is 0.714. The quantitative estimate of drug-likeness (QED) is 0.289. The first-order valence-electron chi connectivity index (χ1n) is 6.81. The van der Waals surface area contributed by atoms with Crippen molar-refractivity contribution in [3.8, 4) is 0 Å². The van der Waals surface area contributed by atoms with E-state index in [9.17, 15) is 19.2 Å². The van der Waals surface area contributed by atoms with Gasteiger partial charge in [-0.15, -0.1) is 0 Å². The highest BCUT2D eigenvalue weighted by atomic mass is 16.5. The van der Waals surface area contributed by atoms with Crippen LogP contribution in [0.1, 0.15) is 51.9 Å². The lowest BCUT2D eigenvalue weighted by atomic mass is 9.97. The predicted octanol–water partition coefficient (Wildman–Crippen LogP) is 1.62. The van der Waals surface area contributed by atoms with Gasteiger partial charge < -0.3 is 4.74 Å². The number of carbonyl (C=O) groups excluding carboxylic acids is 4. The van der Waals surface area contributed by atoms with E-state index in [0.29, 0.717) is 19.4 Å². The molecule has 5 nitrogen and oxygen atoms in total. The molecule has 1 unspecified atom stereocenters. The van der Waals surface area contributed by atoms with E-state index in [1.807, 2.05) is 0 Å². The van der Waals surface area contributed by atoms with Crippen LogP contribution in [0, 0.1) is 5.92 Å². The largest absolute Gasteiger partial charge is 0.466 e. The van der Waals surface area contributed by atoms with Crippen LogP contribution in [0.25, 0.3) is 0 Å². The Hall–Kier alpha value is -1.52. The van der Waals surface area contributed by atoms with Crippen LogP contribution in [0.3, 0.4) is 0 Å². The summed E-state index contributed by atoms with van der Waals surface area (Å²) < 4.78 is 4.80. The smallest absolute Gasteiger partial charge is 0.305 e. The minimum absolute atomic E-state index is 0.186. The van der Waals surface area contributed by atoms with Gasteiger partial charge in [-0.2, -0.15) is 0 Å². The Balaban J connectivity index is 2.08. The monoisotopic (exact) mass is 268 g/mol. The molecule has 1 atom stereocenters. The second-order valence-electron chi connectivity index (χ2n) is 4.74. The summed E-state index contributed by atoms with van der Waals surface area (Å²) in [6.07, 6.45) is 3.86. The van der Waals surface area contributed by atoms with Gasteiger partial charge in [-0.3, -0.25) is 19.2 Å². The van der Waals surface area contributed by atoms with E-state index in [2.05, 4.69) is 0 Å². The van der Waals surface area contributed by atoms with Crippen molar-refractivity contribution < 1.29 is 23.9 Å². The molecule has 0 spiro atoms. The third kappa shape index (κ3) is 4.93. The van der Waals surface area contributed by atoms with Gasteiger partial charge in [-0.25, -0.2) is 0 Å². The highest BCUT2D eigenvalue weighted by Crippen LogP contribution is 2.21. The molecule has 1 aliphatic carbocycles. The van der Waals surface area contributed by atoms with Gasteiger partial charge in [0.25, 0.3) is 0 Å². The number of ether oxygens (including phenoxy) is 1. The van der Waals surface area contributed by atoms with Crippen molar-refractivity contribution in [2.75, 3.05) is 6.61 Å². The molecule has 1 saturated carbocycles. The van der Waals surface area contributed by atoms with Crippen LogP contribution in [-0.2, 0) is 23.9 Å². The van der Waals surface area contributed by atoms with Crippen LogP contribution >= 0.6 is 0 Å². The van der Waals surface area contributed by atoms with Crippen molar-refractivity contribution in [3.63, 3.8) is 0 Å². The Morgan fingerprint density at radius 3 is 2.42 bits per heavy atom. The van der Waals surface area contributed by atoms with Crippen LogP contribution in [0.5, 0.6) is 0 Å². The molecule has 1 aliphatic rings. The molecule has 1 rings (SSSR count). The van der Waals surface area contributed by atoms with E-state index in [-0.39, 0.29) is 18.2 Å². The fourth-order valence-corrected chi connectivity index (χ4v) is 2.21. The van der Waals surface area contributed by atoms with E-state index in [4.69, 9.17) is 4.74 Å². The van der Waals surface area contributed by atoms with Crippen LogP contribution in [0.4, 0.5) is 0 Å². The maximum absolute atomic E-state index is 11.4. The van der Waals surface area contributed by atoms with Gasteiger partial charge in [-0.1, -0.05) is 19.3 Å². The Morgan fingerprint density at radius 1 is 1.16 bits per heavy atom. The maximum atomic E-state index is 11.4. The summed E-state index contributed by atoms with van der Waals surface area (Å²) in [5.41, 5.74) is 0. The number of hydrogen-bond acceptors (Lipinski definition) is 5. The first kappa shape index (κ1) is 15.5. The summed E-state index contributed by atoms with van der Waals surface area (Å²) in [6, 6.07) is 0. The molecule has 0 saturated heterocycles. The van der Waals surface area contributed by atoms with E-state index in [1.165, 1.54) is 0 Å². The summed E-state index contributed by atoms with van der Waals surface area (Å²) in [7, 11) is 0. The van der Waals surface area contributed by atoms with Gasteiger partial charge in [-0.05, 0) is 19.8 Å². The topological polar surface area (TPSA) is 77.5 Å². The molecule has 0 aromatic carbocycles. The molecule has 0 aromatic heterocycles. The molecule has 5 heteroatoms. The van der Waals surface area contributed by atoms with Crippen molar-refractivity contribution in [1.82, 2.24) is 0 Å². The molecule has 0 aromatic rings. The summed E-state index contributed by atoms with van der Waals surface area (Å²) in [6.45, 7) is 2.17. The second-order valence-corrected chi connectivity index (χ2v) is 4.74. The normalized spacial score (nSPS) is 19.0. The molecule has 0 radical (unpaired) electrons. The highest BCUT2D eigenvalue weighted by molar-refractivity contribution is 6.49. The maximum Gasteiger partial charge on any atom is 0.305 e. The third-order valence-corrected chi connectivity index (χ3v) is 3.24. The Bertz CT molecular complexity index is 372. The standard InChI is InChI=1S/C14H20O5/c1-2-19-13(17)8-6-4-3-5-7-10-11(15)9-12(16)14(10)18/h10H,2-9H2,1H3. The van der Waals surface area contributed by atoms with Crippen molar-refractivity contribution in [1.29, 1.82) is 0 Å². The van der Waals surface area contributed by atoms with E-state index in [1.54, 1.807) is 6.92 Å². The first-order chi connectivity index (χ1) is 9.06. The average Bonchev–Trinajstić information content (AvgIpc) is 2.59. The summed E-state index contributed by atoms with van der Waals surface area (Å²) in [5, 5.41) is 0. The number of rotatable bonds is 8. The van der Waals surface area contributed by atoms with Crippen LogP contribution in [0.15, 0.2) is 0 Å². The molecule has 0 heterocycles. The number of carbonyl (C=O) groups is 4. The van der Waals surface area contributed by atoms with Crippen molar-refractivity contribution in [3.05, 3.63) is 0 Å². The molecule has 106 valence electrons. The molecule has 0 amide bonds. The number of ketones is 3. The lowest BCUT2D eigenvalue weighted by Crippen LogP contribution is -2.16. The molecule has 0 bridgehead atoms. The molecular formula is C14H20O5. The van der Waals surface area contributed by atoms with Crippen molar-refractivity contribution in [2.45, 2.75) is 51.9 Å². The zero-order valence-corrected chi connectivity index (χ0v) is 11.3. The summed E-state index contributed by atoms with van der Waals surface area (Å²) >= 11 is 0. The molecule has 19 heavy (non-hydrogen) atoms. The second kappa shape index (κ2) is 7.81. The first-order valence-corrected chi connectivity index (χ1v) is 6.81. The lowest BCUT2D eigenvalue weighted by Gasteiger charge is -2.05. The van der Waals surface area contributed by atoms with Crippen LogP contribution in [0.2, 0.25) is 0 Å². The van der Waals surface area contributed by atoms with Gasteiger partial charge in [0.1, 0.15) is 0 Å². The SMILES string of the molecule is CCOC(=O)CCCCCCC1C(=O)CC(=O)C1=O. The van der Waals surface area contributed by atoms with Gasteiger partial charge in [0.2, 0.25) is 11.6 Å². The summed E-state index contributed by atoms with van der Waals surface area (Å²) in [4.78, 5) is 44.8. The van der Waals surface area contributed by atoms with E-state index in [0.717, 1.165) is 25.7 Å². The number of hydrogen-bond donors (Lipinski definition) is 0. The number of esters is 1. The minimum atomic E-state index is -0.697. The van der Waals surface area contributed by atoms with Gasteiger partial charge in [0.05, 0.1) is 18.9 Å². The molecular weight excluding hydrogens is 248 g/mol. The van der Waals surface area contributed by atoms with Gasteiger partial charge in [0, 0.05) is 6.42 Å². The fourth-order valence-electron chi connectivity index (χ4n) is 2.21. The lowest BCUT2D eigenvalue weighted by molar-refractivity contribution is -0.143. The van der Waals surface area contributed by atoms with Gasteiger partial charge in [0.15, 0.2) is 5.78 Å². The predicted molar refractivity (Wildman–Crippen MR) is 67.5 cm³/mol. The van der Waals surface area contributed by atoms with E-state index >= 15 is 0 Å². The van der Waals surface area contributed by atoms with E-state index < -0.39 is 17.5 Å². The zero-order valence-electron chi connectivity index (χ0n) is 11.3. The Kier molecular flexibility index (Phi) is 6.39. The highest BCUT2D eigenvalue weighted by Gasteiger charge is 2.39.